The molecule has 3 rings (SSSR count). The summed E-state index contributed by atoms with van der Waals surface area (Å²) in [6, 6.07) is 0.580. The lowest BCUT2D eigenvalue weighted by Gasteiger charge is -2.41. The fraction of sp³-hybridized carbons (Fsp3) is 1.00. The highest BCUT2D eigenvalue weighted by molar-refractivity contribution is 7.89. The molecule has 5 heteroatoms. The van der Waals surface area contributed by atoms with Crippen LogP contribution in [0.25, 0.3) is 0 Å². The van der Waals surface area contributed by atoms with Gasteiger partial charge >= 0.3 is 0 Å². The Hall–Kier alpha value is -0.130. The number of piperidine rings is 1. The average Bonchev–Trinajstić information content (AvgIpc) is 3.28. The van der Waals surface area contributed by atoms with E-state index in [0.29, 0.717) is 18.5 Å². The van der Waals surface area contributed by atoms with Gasteiger partial charge in [-0.3, -0.25) is 0 Å². The van der Waals surface area contributed by atoms with E-state index in [1.807, 2.05) is 6.92 Å². The first-order valence-corrected chi connectivity index (χ1v) is 9.80. The Morgan fingerprint density at radius 3 is 2.50 bits per heavy atom. The number of sulfonamides is 1. The molecule has 0 spiro atoms. The zero-order chi connectivity index (χ0) is 14.2. The third-order valence-corrected chi connectivity index (χ3v) is 7.63. The van der Waals surface area contributed by atoms with E-state index in [1.165, 1.54) is 38.5 Å². The van der Waals surface area contributed by atoms with Crippen LogP contribution in [0, 0.1) is 11.8 Å². The Kier molecular flexibility index (Phi) is 4.39. The van der Waals surface area contributed by atoms with E-state index in [0.717, 1.165) is 25.4 Å². The van der Waals surface area contributed by atoms with Crippen molar-refractivity contribution < 1.29 is 8.42 Å². The molecule has 2 aliphatic carbocycles. The van der Waals surface area contributed by atoms with Crippen molar-refractivity contribution in [3.63, 3.8) is 0 Å². The number of rotatable bonds is 5. The van der Waals surface area contributed by atoms with Crippen LogP contribution < -0.4 is 5.32 Å². The van der Waals surface area contributed by atoms with E-state index < -0.39 is 10.0 Å². The molecule has 1 saturated heterocycles. The molecule has 3 atom stereocenters. The molecule has 0 radical (unpaired) electrons. The fourth-order valence-corrected chi connectivity index (χ4v) is 5.35. The minimum absolute atomic E-state index is 0.289. The van der Waals surface area contributed by atoms with Gasteiger partial charge in [-0.2, -0.15) is 0 Å². The summed E-state index contributed by atoms with van der Waals surface area (Å²) in [6.45, 7) is 3.99. The van der Waals surface area contributed by atoms with Gasteiger partial charge in [0.25, 0.3) is 0 Å². The highest BCUT2D eigenvalue weighted by Crippen LogP contribution is 2.37. The quantitative estimate of drug-likeness (QED) is 0.844. The molecule has 1 heterocycles. The lowest BCUT2D eigenvalue weighted by Crippen LogP contribution is -2.49. The fourth-order valence-electron chi connectivity index (χ4n) is 3.78. The van der Waals surface area contributed by atoms with Crippen molar-refractivity contribution in [1.82, 2.24) is 9.62 Å². The van der Waals surface area contributed by atoms with Crippen LogP contribution in [0.15, 0.2) is 0 Å². The highest BCUT2D eigenvalue weighted by Gasteiger charge is 2.38. The van der Waals surface area contributed by atoms with Gasteiger partial charge < -0.3 is 5.32 Å². The van der Waals surface area contributed by atoms with Gasteiger partial charge in [-0.25, -0.2) is 12.7 Å². The number of hydrogen-bond donors (Lipinski definition) is 1. The molecule has 0 aromatic rings. The maximum atomic E-state index is 12.7. The van der Waals surface area contributed by atoms with Crippen LogP contribution in [0.1, 0.15) is 51.9 Å². The van der Waals surface area contributed by atoms with E-state index in [4.69, 9.17) is 0 Å². The topological polar surface area (TPSA) is 49.4 Å². The summed E-state index contributed by atoms with van der Waals surface area (Å²) in [6.07, 6.45) is 8.67. The monoisotopic (exact) mass is 300 g/mol. The SMILES string of the molecule is CC(CNC1CC1)S(=O)(=O)N1CCC2CCCCC2C1. The lowest BCUT2D eigenvalue weighted by atomic mass is 9.76. The minimum atomic E-state index is -3.11. The summed E-state index contributed by atoms with van der Waals surface area (Å²) in [5.74, 6) is 1.41. The molecule has 20 heavy (non-hydrogen) atoms. The molecule has 3 aliphatic rings. The molecule has 1 aliphatic heterocycles. The Morgan fingerprint density at radius 1 is 1.10 bits per heavy atom. The second-order valence-electron chi connectivity index (χ2n) is 6.99. The van der Waals surface area contributed by atoms with E-state index in [9.17, 15) is 8.42 Å². The maximum Gasteiger partial charge on any atom is 0.217 e. The largest absolute Gasteiger partial charge is 0.313 e. The first-order chi connectivity index (χ1) is 9.57. The highest BCUT2D eigenvalue weighted by atomic mass is 32.2. The van der Waals surface area contributed by atoms with Crippen molar-refractivity contribution in [2.75, 3.05) is 19.6 Å². The van der Waals surface area contributed by atoms with Gasteiger partial charge in [0, 0.05) is 25.7 Å². The molecule has 0 amide bonds. The molecular formula is C15H28N2O2S. The van der Waals surface area contributed by atoms with E-state index in [-0.39, 0.29) is 5.25 Å². The number of nitrogens with zero attached hydrogens (tertiary/aromatic N) is 1. The molecule has 2 saturated carbocycles. The van der Waals surface area contributed by atoms with Gasteiger partial charge in [0.2, 0.25) is 10.0 Å². The summed E-state index contributed by atoms with van der Waals surface area (Å²) < 4.78 is 27.1. The first kappa shape index (κ1) is 14.8. The summed E-state index contributed by atoms with van der Waals surface area (Å²) in [4.78, 5) is 0. The minimum Gasteiger partial charge on any atom is -0.313 e. The van der Waals surface area contributed by atoms with Crippen LogP contribution in [0.4, 0.5) is 0 Å². The predicted octanol–water partition coefficient (Wildman–Crippen LogP) is 1.97. The van der Waals surface area contributed by atoms with E-state index in [1.54, 1.807) is 4.31 Å². The van der Waals surface area contributed by atoms with Crippen molar-refractivity contribution in [3.05, 3.63) is 0 Å². The Morgan fingerprint density at radius 2 is 1.80 bits per heavy atom. The molecule has 4 nitrogen and oxygen atoms in total. The van der Waals surface area contributed by atoms with Crippen molar-refractivity contribution in [2.24, 2.45) is 11.8 Å². The van der Waals surface area contributed by atoms with Crippen LogP contribution in [-0.2, 0) is 10.0 Å². The number of fused-ring (bicyclic) bond motifs is 1. The lowest BCUT2D eigenvalue weighted by molar-refractivity contribution is 0.136. The third-order valence-electron chi connectivity index (χ3n) is 5.39. The van der Waals surface area contributed by atoms with Crippen molar-refractivity contribution >= 4 is 10.0 Å². The summed E-state index contributed by atoms with van der Waals surface area (Å²) in [7, 11) is -3.11. The molecule has 3 unspecified atom stereocenters. The molecule has 0 bridgehead atoms. The second-order valence-corrected chi connectivity index (χ2v) is 9.34. The molecule has 1 N–H and O–H groups in total. The van der Waals surface area contributed by atoms with Gasteiger partial charge in [0.1, 0.15) is 0 Å². The average molecular weight is 300 g/mol. The predicted molar refractivity (Wildman–Crippen MR) is 81.0 cm³/mol. The van der Waals surface area contributed by atoms with Gasteiger partial charge in [0.05, 0.1) is 5.25 Å². The standard InChI is InChI=1S/C15H28N2O2S/c1-12(10-16-15-6-7-15)20(18,19)17-9-8-13-4-2-3-5-14(13)11-17/h12-16H,2-11H2,1H3. The molecule has 116 valence electrons. The third kappa shape index (κ3) is 3.20. The zero-order valence-electron chi connectivity index (χ0n) is 12.6. The van der Waals surface area contributed by atoms with Crippen molar-refractivity contribution in [3.8, 4) is 0 Å². The van der Waals surface area contributed by atoms with Gasteiger partial charge in [-0.1, -0.05) is 19.3 Å². The van der Waals surface area contributed by atoms with Crippen LogP contribution in [0.2, 0.25) is 0 Å². The van der Waals surface area contributed by atoms with Crippen molar-refractivity contribution in [2.45, 2.75) is 63.2 Å². The van der Waals surface area contributed by atoms with Crippen molar-refractivity contribution in [1.29, 1.82) is 0 Å². The molecule has 3 fully saturated rings. The molecule has 0 aromatic carbocycles. The van der Waals surface area contributed by atoms with Gasteiger partial charge in [0.15, 0.2) is 0 Å². The van der Waals surface area contributed by atoms with Crippen LogP contribution >= 0.6 is 0 Å². The maximum absolute atomic E-state index is 12.7. The Labute approximate surface area is 123 Å². The molecular weight excluding hydrogens is 272 g/mol. The molecule has 0 aromatic heterocycles. The normalized spacial score (nSPS) is 33.6. The van der Waals surface area contributed by atoms with Gasteiger partial charge in [-0.15, -0.1) is 0 Å². The van der Waals surface area contributed by atoms with Gasteiger partial charge in [-0.05, 0) is 44.4 Å². The smallest absolute Gasteiger partial charge is 0.217 e. The Balaban J connectivity index is 1.58. The summed E-state index contributed by atoms with van der Waals surface area (Å²) in [5, 5.41) is 3.06. The Bertz CT molecular complexity index is 433. The number of hydrogen-bond acceptors (Lipinski definition) is 3. The van der Waals surface area contributed by atoms with Crippen LogP contribution in [0.5, 0.6) is 0 Å². The first-order valence-electron chi connectivity index (χ1n) is 8.29. The van der Waals surface area contributed by atoms with E-state index in [2.05, 4.69) is 5.32 Å². The van der Waals surface area contributed by atoms with Crippen LogP contribution in [0.3, 0.4) is 0 Å². The van der Waals surface area contributed by atoms with E-state index >= 15 is 0 Å². The van der Waals surface area contributed by atoms with Crippen LogP contribution in [-0.4, -0.2) is 43.6 Å². The summed E-state index contributed by atoms with van der Waals surface area (Å²) in [5.41, 5.74) is 0. The number of nitrogens with one attached hydrogen (secondary N) is 1. The second kappa shape index (κ2) is 5.93. The summed E-state index contributed by atoms with van der Waals surface area (Å²) >= 11 is 0. The zero-order valence-corrected chi connectivity index (χ0v) is 13.4.